The van der Waals surface area contributed by atoms with E-state index in [0.717, 1.165) is 6.42 Å². The first kappa shape index (κ1) is 12.9. The lowest BCUT2D eigenvalue weighted by atomic mass is 10.2. The molecule has 0 fully saturated rings. The van der Waals surface area contributed by atoms with Crippen LogP contribution in [0.5, 0.6) is 0 Å². The molecule has 4 heteroatoms. The van der Waals surface area contributed by atoms with E-state index in [1.54, 1.807) is 6.92 Å². The molecule has 0 saturated carbocycles. The molecule has 0 aliphatic rings. The Balaban J connectivity index is 3.78. The van der Waals surface area contributed by atoms with Gasteiger partial charge >= 0.3 is 5.97 Å². The van der Waals surface area contributed by atoms with Crippen LogP contribution in [0.15, 0.2) is 0 Å². The van der Waals surface area contributed by atoms with E-state index in [4.69, 9.17) is 10.00 Å². The summed E-state index contributed by atoms with van der Waals surface area (Å²) in [5, 5.41) is 8.76. The summed E-state index contributed by atoms with van der Waals surface area (Å²) in [5.74, 6) is -0.202. The van der Waals surface area contributed by atoms with Crippen molar-refractivity contribution in [2.45, 2.75) is 32.7 Å². The predicted octanol–water partition coefficient (Wildman–Crippen LogP) is 1.17. The summed E-state index contributed by atoms with van der Waals surface area (Å²) in [4.78, 5) is 12.9. The van der Waals surface area contributed by atoms with Crippen molar-refractivity contribution < 1.29 is 9.53 Å². The smallest absolute Gasteiger partial charge is 0.307 e. The van der Waals surface area contributed by atoms with Crippen LogP contribution in [-0.4, -0.2) is 37.1 Å². The highest BCUT2D eigenvalue weighted by atomic mass is 16.5. The lowest BCUT2D eigenvalue weighted by Gasteiger charge is -2.20. The monoisotopic (exact) mass is 198 g/mol. The second kappa shape index (κ2) is 7.34. The minimum Gasteiger partial charge on any atom is -0.466 e. The van der Waals surface area contributed by atoms with Gasteiger partial charge in [-0.3, -0.25) is 9.69 Å². The maximum Gasteiger partial charge on any atom is 0.307 e. The quantitative estimate of drug-likeness (QED) is 0.601. The molecule has 14 heavy (non-hydrogen) atoms. The van der Waals surface area contributed by atoms with Gasteiger partial charge < -0.3 is 4.74 Å². The van der Waals surface area contributed by atoms with Gasteiger partial charge in [-0.1, -0.05) is 6.92 Å². The second-order valence-electron chi connectivity index (χ2n) is 3.09. The summed E-state index contributed by atoms with van der Waals surface area (Å²) < 4.78 is 4.79. The SMILES string of the molecule is CCOC(=O)CCN(C)C(C#N)CC. The number of esters is 1. The molecule has 0 N–H and O–H groups in total. The van der Waals surface area contributed by atoms with Gasteiger partial charge in [0, 0.05) is 6.54 Å². The number of rotatable bonds is 6. The van der Waals surface area contributed by atoms with E-state index in [1.807, 2.05) is 18.9 Å². The van der Waals surface area contributed by atoms with E-state index in [-0.39, 0.29) is 12.0 Å². The first-order chi connectivity index (χ1) is 6.65. The molecule has 0 radical (unpaired) electrons. The van der Waals surface area contributed by atoms with Crippen LogP contribution >= 0.6 is 0 Å². The van der Waals surface area contributed by atoms with E-state index in [2.05, 4.69) is 6.07 Å². The summed E-state index contributed by atoms with van der Waals surface area (Å²) in [7, 11) is 1.84. The van der Waals surface area contributed by atoms with Gasteiger partial charge in [-0.05, 0) is 20.4 Å². The second-order valence-corrected chi connectivity index (χ2v) is 3.09. The average molecular weight is 198 g/mol. The third-order valence-corrected chi connectivity index (χ3v) is 2.04. The number of carbonyl (C=O) groups excluding carboxylic acids is 1. The van der Waals surface area contributed by atoms with Crippen LogP contribution in [0.25, 0.3) is 0 Å². The molecular weight excluding hydrogens is 180 g/mol. The van der Waals surface area contributed by atoms with Crippen molar-refractivity contribution in [3.8, 4) is 6.07 Å². The number of nitrogens with zero attached hydrogens (tertiary/aromatic N) is 2. The minimum atomic E-state index is -0.202. The molecular formula is C10H18N2O2. The predicted molar refractivity (Wildman–Crippen MR) is 53.6 cm³/mol. The highest BCUT2D eigenvalue weighted by molar-refractivity contribution is 5.69. The lowest BCUT2D eigenvalue weighted by Crippen LogP contribution is -2.32. The van der Waals surface area contributed by atoms with E-state index in [0.29, 0.717) is 19.6 Å². The summed E-state index contributed by atoms with van der Waals surface area (Å²) in [6, 6.07) is 2.07. The molecule has 1 unspecified atom stereocenters. The molecule has 0 heterocycles. The number of hydrogen-bond donors (Lipinski definition) is 0. The molecule has 0 spiro atoms. The van der Waals surface area contributed by atoms with E-state index in [9.17, 15) is 4.79 Å². The van der Waals surface area contributed by atoms with Gasteiger partial charge in [0.2, 0.25) is 0 Å². The van der Waals surface area contributed by atoms with Crippen LogP contribution in [0.4, 0.5) is 0 Å². The molecule has 0 aromatic carbocycles. The zero-order chi connectivity index (χ0) is 11.0. The lowest BCUT2D eigenvalue weighted by molar-refractivity contribution is -0.143. The Morgan fingerprint density at radius 2 is 2.21 bits per heavy atom. The summed E-state index contributed by atoms with van der Waals surface area (Å²) >= 11 is 0. The molecule has 0 aromatic heterocycles. The molecule has 80 valence electrons. The third kappa shape index (κ3) is 4.83. The summed E-state index contributed by atoms with van der Waals surface area (Å²) in [6.07, 6.45) is 1.12. The van der Waals surface area contributed by atoms with Crippen molar-refractivity contribution in [1.29, 1.82) is 5.26 Å². The van der Waals surface area contributed by atoms with E-state index in [1.165, 1.54) is 0 Å². The Morgan fingerprint density at radius 3 is 2.64 bits per heavy atom. The van der Waals surface area contributed by atoms with Gasteiger partial charge in [-0.2, -0.15) is 5.26 Å². The van der Waals surface area contributed by atoms with Gasteiger partial charge in [0.05, 0.1) is 25.1 Å². The van der Waals surface area contributed by atoms with Gasteiger partial charge in [0.1, 0.15) is 0 Å². The summed E-state index contributed by atoms with van der Waals surface area (Å²) in [6.45, 7) is 4.73. The van der Waals surface area contributed by atoms with Gasteiger partial charge in [-0.25, -0.2) is 0 Å². The van der Waals surface area contributed by atoms with Crippen LogP contribution < -0.4 is 0 Å². The van der Waals surface area contributed by atoms with Gasteiger partial charge in [-0.15, -0.1) is 0 Å². The van der Waals surface area contributed by atoms with Crippen molar-refractivity contribution in [1.82, 2.24) is 4.90 Å². The summed E-state index contributed by atoms with van der Waals surface area (Å²) in [5.41, 5.74) is 0. The molecule has 0 aliphatic heterocycles. The van der Waals surface area contributed by atoms with Gasteiger partial charge in [0.25, 0.3) is 0 Å². The number of hydrogen-bond acceptors (Lipinski definition) is 4. The van der Waals surface area contributed by atoms with E-state index >= 15 is 0 Å². The molecule has 0 aromatic rings. The standard InChI is InChI=1S/C10H18N2O2/c1-4-9(8-11)12(3)7-6-10(13)14-5-2/h9H,4-7H2,1-3H3. The molecule has 0 aliphatic carbocycles. The maximum atomic E-state index is 11.0. The molecule has 0 amide bonds. The first-order valence-corrected chi connectivity index (χ1v) is 4.91. The zero-order valence-corrected chi connectivity index (χ0v) is 9.12. The largest absolute Gasteiger partial charge is 0.466 e. The Morgan fingerprint density at radius 1 is 1.57 bits per heavy atom. The Kier molecular flexibility index (Phi) is 6.77. The van der Waals surface area contributed by atoms with Crippen molar-refractivity contribution in [2.24, 2.45) is 0 Å². The van der Waals surface area contributed by atoms with Crippen LogP contribution in [0, 0.1) is 11.3 Å². The fraction of sp³-hybridized carbons (Fsp3) is 0.800. The highest BCUT2D eigenvalue weighted by Crippen LogP contribution is 2.01. The topological polar surface area (TPSA) is 53.3 Å². The van der Waals surface area contributed by atoms with E-state index < -0.39 is 0 Å². The highest BCUT2D eigenvalue weighted by Gasteiger charge is 2.12. The number of nitriles is 1. The van der Waals surface area contributed by atoms with Gasteiger partial charge in [0.15, 0.2) is 0 Å². The van der Waals surface area contributed by atoms with Crippen molar-refractivity contribution in [3.63, 3.8) is 0 Å². The van der Waals surface area contributed by atoms with Crippen LogP contribution in [0.2, 0.25) is 0 Å². The average Bonchev–Trinajstić information content (AvgIpc) is 2.17. The van der Waals surface area contributed by atoms with Crippen LogP contribution in [0.3, 0.4) is 0 Å². The molecule has 0 rings (SSSR count). The minimum absolute atomic E-state index is 0.107. The van der Waals surface area contributed by atoms with Crippen molar-refractivity contribution in [3.05, 3.63) is 0 Å². The maximum absolute atomic E-state index is 11.0. The molecule has 4 nitrogen and oxygen atoms in total. The molecule has 0 saturated heterocycles. The molecule has 0 bridgehead atoms. The Hall–Kier alpha value is -1.08. The Bertz CT molecular complexity index is 211. The number of ether oxygens (including phenoxy) is 1. The van der Waals surface area contributed by atoms with Crippen LogP contribution in [0.1, 0.15) is 26.7 Å². The first-order valence-electron chi connectivity index (χ1n) is 4.91. The van der Waals surface area contributed by atoms with Crippen molar-refractivity contribution in [2.75, 3.05) is 20.2 Å². The molecule has 1 atom stereocenters. The Labute approximate surface area is 85.5 Å². The zero-order valence-electron chi connectivity index (χ0n) is 9.12. The fourth-order valence-corrected chi connectivity index (χ4v) is 1.16. The fourth-order valence-electron chi connectivity index (χ4n) is 1.16. The van der Waals surface area contributed by atoms with Crippen molar-refractivity contribution >= 4 is 5.97 Å². The van der Waals surface area contributed by atoms with Crippen LogP contribution in [-0.2, 0) is 9.53 Å². The number of carbonyl (C=O) groups is 1. The third-order valence-electron chi connectivity index (χ3n) is 2.04. The normalized spacial score (nSPS) is 12.2.